The SMILES string of the molecule is Cc1cc2ccccc2nc1N1CCCC2(CCN(C3CCC(O)CC3)C2=O)C1. The average molecular weight is 394 g/mol. The zero-order chi connectivity index (χ0) is 20.0. The van der Waals surface area contributed by atoms with Gasteiger partial charge in [-0.3, -0.25) is 4.79 Å². The monoisotopic (exact) mass is 393 g/mol. The highest BCUT2D eigenvalue weighted by Gasteiger charge is 2.50. The number of benzene rings is 1. The number of rotatable bonds is 2. The van der Waals surface area contributed by atoms with E-state index in [-0.39, 0.29) is 11.5 Å². The Kier molecular flexibility index (Phi) is 4.73. The molecule has 1 aromatic heterocycles. The third-order valence-corrected chi connectivity index (χ3v) is 7.42. The molecule has 3 fully saturated rings. The highest BCUT2D eigenvalue weighted by atomic mass is 16.3. The molecule has 29 heavy (non-hydrogen) atoms. The lowest BCUT2D eigenvalue weighted by atomic mass is 9.78. The Bertz CT molecular complexity index is 921. The fraction of sp³-hybridized carbons (Fsp3) is 0.583. The Labute approximate surface area is 172 Å². The average Bonchev–Trinajstić information content (AvgIpc) is 3.04. The molecular weight excluding hydrogens is 362 g/mol. The van der Waals surface area contributed by atoms with Crippen LogP contribution in [0.4, 0.5) is 5.82 Å². The third kappa shape index (κ3) is 3.29. The highest BCUT2D eigenvalue weighted by Crippen LogP contribution is 2.43. The summed E-state index contributed by atoms with van der Waals surface area (Å²) in [6.45, 7) is 4.75. The van der Waals surface area contributed by atoms with Crippen LogP contribution in [-0.4, -0.2) is 52.7 Å². The van der Waals surface area contributed by atoms with Crippen molar-refractivity contribution in [2.24, 2.45) is 5.41 Å². The predicted molar refractivity (Wildman–Crippen MR) is 115 cm³/mol. The molecule has 2 aliphatic heterocycles. The first-order chi connectivity index (χ1) is 14.1. The van der Waals surface area contributed by atoms with Gasteiger partial charge in [-0.05, 0) is 69.6 Å². The van der Waals surface area contributed by atoms with Crippen molar-refractivity contribution in [3.8, 4) is 0 Å². The molecule has 1 N–H and O–H groups in total. The van der Waals surface area contributed by atoms with Crippen molar-refractivity contribution in [3.05, 3.63) is 35.9 Å². The second-order valence-electron chi connectivity index (χ2n) is 9.34. The molecule has 5 heteroatoms. The van der Waals surface area contributed by atoms with Gasteiger partial charge in [0.2, 0.25) is 5.91 Å². The summed E-state index contributed by atoms with van der Waals surface area (Å²) in [5, 5.41) is 11.0. The van der Waals surface area contributed by atoms with E-state index >= 15 is 0 Å². The Morgan fingerprint density at radius 1 is 1.10 bits per heavy atom. The largest absolute Gasteiger partial charge is 0.393 e. The molecule has 1 aliphatic carbocycles. The second kappa shape index (κ2) is 7.28. The number of aryl methyl sites for hydroxylation is 1. The number of anilines is 1. The number of hydrogen-bond donors (Lipinski definition) is 1. The highest BCUT2D eigenvalue weighted by molar-refractivity contribution is 5.86. The lowest BCUT2D eigenvalue weighted by Gasteiger charge is -2.41. The normalized spacial score (nSPS) is 30.5. The van der Waals surface area contributed by atoms with E-state index < -0.39 is 0 Å². The standard InChI is InChI=1S/C24H31N3O2/c1-17-15-18-5-2-3-6-21(18)25-22(17)26-13-4-11-24(16-26)12-14-27(23(24)29)19-7-9-20(28)10-8-19/h2-3,5-6,15,19-20,28H,4,7-14,16H2,1H3. The van der Waals surface area contributed by atoms with Gasteiger partial charge in [-0.15, -0.1) is 0 Å². The molecule has 1 saturated carbocycles. The zero-order valence-corrected chi connectivity index (χ0v) is 17.3. The molecule has 2 saturated heterocycles. The molecule has 0 bridgehead atoms. The van der Waals surface area contributed by atoms with Crippen molar-refractivity contribution in [3.63, 3.8) is 0 Å². The van der Waals surface area contributed by atoms with Gasteiger partial charge < -0.3 is 14.9 Å². The van der Waals surface area contributed by atoms with Gasteiger partial charge in [0.1, 0.15) is 5.82 Å². The van der Waals surface area contributed by atoms with Gasteiger partial charge in [0, 0.05) is 31.1 Å². The van der Waals surface area contributed by atoms with Crippen LogP contribution in [0.15, 0.2) is 30.3 Å². The fourth-order valence-corrected chi connectivity index (χ4v) is 5.79. The van der Waals surface area contributed by atoms with Crippen LogP contribution < -0.4 is 4.90 Å². The molecule has 2 aromatic rings. The number of fused-ring (bicyclic) bond motifs is 1. The number of nitrogens with zero attached hydrogens (tertiary/aromatic N) is 3. The molecule has 1 unspecified atom stereocenters. The first-order valence-electron chi connectivity index (χ1n) is 11.2. The summed E-state index contributed by atoms with van der Waals surface area (Å²) < 4.78 is 0. The third-order valence-electron chi connectivity index (χ3n) is 7.42. The summed E-state index contributed by atoms with van der Waals surface area (Å²) in [4.78, 5) is 23.0. The molecule has 1 amide bonds. The van der Waals surface area contributed by atoms with Gasteiger partial charge in [-0.2, -0.15) is 0 Å². The zero-order valence-electron chi connectivity index (χ0n) is 17.3. The van der Waals surface area contributed by atoms with E-state index in [1.807, 2.05) is 6.07 Å². The van der Waals surface area contributed by atoms with Crippen LogP contribution >= 0.6 is 0 Å². The Balaban J connectivity index is 1.38. The first-order valence-corrected chi connectivity index (χ1v) is 11.2. The number of hydrogen-bond acceptors (Lipinski definition) is 4. The summed E-state index contributed by atoms with van der Waals surface area (Å²) in [5.41, 5.74) is 1.95. The van der Waals surface area contributed by atoms with Crippen LogP contribution in [0.2, 0.25) is 0 Å². The van der Waals surface area contributed by atoms with E-state index in [1.54, 1.807) is 0 Å². The molecule has 3 heterocycles. The number of carbonyl (C=O) groups excluding carboxylic acids is 1. The maximum Gasteiger partial charge on any atom is 0.230 e. The topological polar surface area (TPSA) is 56.7 Å². The molecule has 3 aliphatic rings. The van der Waals surface area contributed by atoms with Gasteiger partial charge in [-0.1, -0.05) is 18.2 Å². The van der Waals surface area contributed by atoms with Crippen LogP contribution in [0.5, 0.6) is 0 Å². The minimum absolute atomic E-state index is 0.176. The van der Waals surface area contributed by atoms with E-state index in [9.17, 15) is 9.90 Å². The Morgan fingerprint density at radius 3 is 2.72 bits per heavy atom. The maximum atomic E-state index is 13.6. The molecule has 1 spiro atoms. The summed E-state index contributed by atoms with van der Waals surface area (Å²) in [7, 11) is 0. The summed E-state index contributed by atoms with van der Waals surface area (Å²) >= 11 is 0. The van der Waals surface area contributed by atoms with Gasteiger partial charge in [0.15, 0.2) is 0 Å². The minimum atomic E-state index is -0.256. The van der Waals surface area contributed by atoms with Crippen LogP contribution in [0.1, 0.15) is 50.5 Å². The van der Waals surface area contributed by atoms with Crippen molar-refractivity contribution in [1.29, 1.82) is 0 Å². The number of piperidine rings is 1. The number of pyridine rings is 1. The van der Waals surface area contributed by atoms with Crippen molar-refractivity contribution in [2.75, 3.05) is 24.5 Å². The lowest BCUT2D eigenvalue weighted by Crippen LogP contribution is -2.50. The number of aliphatic hydroxyl groups is 1. The van der Waals surface area contributed by atoms with Crippen molar-refractivity contribution >= 4 is 22.6 Å². The van der Waals surface area contributed by atoms with E-state index in [0.717, 1.165) is 75.9 Å². The van der Waals surface area contributed by atoms with Crippen LogP contribution in [0.25, 0.3) is 10.9 Å². The number of carbonyl (C=O) groups is 1. The van der Waals surface area contributed by atoms with E-state index in [4.69, 9.17) is 4.98 Å². The molecule has 154 valence electrons. The van der Waals surface area contributed by atoms with E-state index in [2.05, 4.69) is 41.0 Å². The van der Waals surface area contributed by atoms with Crippen LogP contribution in [0, 0.1) is 12.3 Å². The Hall–Kier alpha value is -2.14. The number of aliphatic hydroxyl groups excluding tert-OH is 1. The van der Waals surface area contributed by atoms with Crippen LogP contribution in [-0.2, 0) is 4.79 Å². The first kappa shape index (κ1) is 18.9. The number of amides is 1. The predicted octanol–water partition coefficient (Wildman–Crippen LogP) is 3.67. The Morgan fingerprint density at radius 2 is 1.90 bits per heavy atom. The van der Waals surface area contributed by atoms with Crippen molar-refractivity contribution in [1.82, 2.24) is 9.88 Å². The number of para-hydroxylation sites is 1. The minimum Gasteiger partial charge on any atom is -0.393 e. The van der Waals surface area contributed by atoms with Crippen LogP contribution in [0.3, 0.4) is 0 Å². The van der Waals surface area contributed by atoms with Gasteiger partial charge >= 0.3 is 0 Å². The molecular formula is C24H31N3O2. The maximum absolute atomic E-state index is 13.6. The van der Waals surface area contributed by atoms with Crippen molar-refractivity contribution < 1.29 is 9.90 Å². The quantitative estimate of drug-likeness (QED) is 0.846. The number of likely N-dealkylation sites (tertiary alicyclic amines) is 1. The lowest BCUT2D eigenvalue weighted by molar-refractivity contribution is -0.139. The van der Waals surface area contributed by atoms with Crippen molar-refractivity contribution in [2.45, 2.75) is 64.0 Å². The summed E-state index contributed by atoms with van der Waals surface area (Å²) in [5.74, 6) is 1.39. The summed E-state index contributed by atoms with van der Waals surface area (Å²) in [6, 6.07) is 10.8. The molecule has 5 rings (SSSR count). The summed E-state index contributed by atoms with van der Waals surface area (Å²) in [6.07, 6.45) is 6.34. The van der Waals surface area contributed by atoms with E-state index in [1.165, 1.54) is 10.9 Å². The number of aromatic nitrogens is 1. The molecule has 1 atom stereocenters. The smallest absolute Gasteiger partial charge is 0.230 e. The fourth-order valence-electron chi connectivity index (χ4n) is 5.79. The van der Waals surface area contributed by atoms with E-state index in [0.29, 0.717) is 11.9 Å². The molecule has 5 nitrogen and oxygen atoms in total. The second-order valence-corrected chi connectivity index (χ2v) is 9.34. The molecule has 1 aromatic carbocycles. The molecule has 0 radical (unpaired) electrons. The van der Waals surface area contributed by atoms with Gasteiger partial charge in [0.05, 0.1) is 17.0 Å². The van der Waals surface area contributed by atoms with Gasteiger partial charge in [-0.25, -0.2) is 4.98 Å². The van der Waals surface area contributed by atoms with Gasteiger partial charge in [0.25, 0.3) is 0 Å².